The lowest BCUT2D eigenvalue weighted by Gasteiger charge is -2.18. The van der Waals surface area contributed by atoms with Gasteiger partial charge in [-0.25, -0.2) is 13.9 Å². The lowest BCUT2D eigenvalue weighted by molar-refractivity contribution is -0.121. The highest BCUT2D eigenvalue weighted by atomic mass is 19.1. The third kappa shape index (κ3) is 3.81. The van der Waals surface area contributed by atoms with Gasteiger partial charge in [0.1, 0.15) is 23.1 Å². The van der Waals surface area contributed by atoms with Crippen LogP contribution in [0.1, 0.15) is 25.3 Å². The lowest BCUT2D eigenvalue weighted by Crippen LogP contribution is -2.22. The first-order valence-electron chi connectivity index (χ1n) is 9.29. The number of aromatic nitrogens is 2. The number of ketones is 1. The molecule has 7 heteroatoms. The number of anilines is 2. The van der Waals surface area contributed by atoms with E-state index in [1.54, 1.807) is 6.92 Å². The van der Waals surface area contributed by atoms with Gasteiger partial charge in [-0.1, -0.05) is 30.3 Å². The van der Waals surface area contributed by atoms with Gasteiger partial charge in [0.05, 0.1) is 5.69 Å². The topological polar surface area (TPSA) is 74.8 Å². The van der Waals surface area contributed by atoms with Crippen molar-refractivity contribution in [1.82, 2.24) is 10.2 Å². The summed E-state index contributed by atoms with van der Waals surface area (Å²) < 4.78 is 27.3. The molecular formula is C22H19F2N3O2. The molecule has 1 saturated carbocycles. The molecule has 0 aliphatic heterocycles. The molecule has 0 radical (unpaired) electrons. The van der Waals surface area contributed by atoms with Crippen molar-refractivity contribution < 1.29 is 13.6 Å². The molecule has 1 aliphatic carbocycles. The Labute approximate surface area is 165 Å². The maximum atomic E-state index is 13.6. The van der Waals surface area contributed by atoms with Gasteiger partial charge in [0.2, 0.25) is 0 Å². The summed E-state index contributed by atoms with van der Waals surface area (Å²) in [6.07, 6.45) is 1.79. The molecule has 1 fully saturated rings. The van der Waals surface area contributed by atoms with Crippen molar-refractivity contribution in [3.05, 3.63) is 76.1 Å². The first-order chi connectivity index (χ1) is 13.9. The molecule has 1 heterocycles. The Balaban J connectivity index is 1.87. The highest BCUT2D eigenvalue weighted by Gasteiger charge is 2.48. The van der Waals surface area contributed by atoms with Gasteiger partial charge < -0.3 is 5.32 Å². The number of aromatic amines is 1. The number of rotatable bonds is 6. The number of carbonyl (C=O) groups excluding carboxylic acids is 1. The van der Waals surface area contributed by atoms with E-state index in [1.807, 2.05) is 30.3 Å². The molecule has 2 N–H and O–H groups in total. The van der Waals surface area contributed by atoms with Crippen molar-refractivity contribution in [2.24, 2.45) is 5.41 Å². The molecule has 0 spiro atoms. The summed E-state index contributed by atoms with van der Waals surface area (Å²) in [5.74, 6) is -1.46. The van der Waals surface area contributed by atoms with Gasteiger partial charge in [-0.2, -0.15) is 5.10 Å². The number of halogens is 2. The zero-order valence-electron chi connectivity index (χ0n) is 15.8. The quantitative estimate of drug-likeness (QED) is 0.650. The second-order valence-corrected chi connectivity index (χ2v) is 7.42. The molecule has 3 aromatic rings. The van der Waals surface area contributed by atoms with Crippen molar-refractivity contribution in [1.29, 1.82) is 0 Å². The van der Waals surface area contributed by atoms with Crippen LogP contribution in [0.5, 0.6) is 0 Å². The average molecular weight is 395 g/mol. The third-order valence-electron chi connectivity index (χ3n) is 5.38. The van der Waals surface area contributed by atoms with Crippen molar-refractivity contribution in [2.75, 3.05) is 5.32 Å². The van der Waals surface area contributed by atoms with Crippen LogP contribution in [-0.2, 0) is 11.2 Å². The van der Waals surface area contributed by atoms with Gasteiger partial charge in [0, 0.05) is 28.3 Å². The molecule has 1 aromatic heterocycles. The van der Waals surface area contributed by atoms with Gasteiger partial charge >= 0.3 is 0 Å². The zero-order chi connectivity index (χ0) is 20.6. The molecule has 148 valence electrons. The van der Waals surface area contributed by atoms with Crippen LogP contribution >= 0.6 is 0 Å². The fraction of sp³-hybridized carbons (Fsp3) is 0.227. The summed E-state index contributed by atoms with van der Waals surface area (Å²) in [6, 6.07) is 12.2. The number of benzene rings is 2. The fourth-order valence-corrected chi connectivity index (χ4v) is 3.54. The normalized spacial score (nSPS) is 14.4. The summed E-state index contributed by atoms with van der Waals surface area (Å²) >= 11 is 0. The first kappa shape index (κ1) is 19.0. The predicted octanol–water partition coefficient (Wildman–Crippen LogP) is 4.37. The minimum absolute atomic E-state index is 0.0551. The summed E-state index contributed by atoms with van der Waals surface area (Å²) in [5.41, 5.74) is 1.04. The predicted molar refractivity (Wildman–Crippen MR) is 106 cm³/mol. The number of H-pyrrole nitrogens is 1. The third-order valence-corrected chi connectivity index (χ3v) is 5.38. The highest BCUT2D eigenvalue weighted by Crippen LogP contribution is 2.50. The number of hydrogen-bond acceptors (Lipinski definition) is 4. The Morgan fingerprint density at radius 1 is 1.14 bits per heavy atom. The van der Waals surface area contributed by atoms with E-state index in [0.29, 0.717) is 17.7 Å². The number of Topliss-reactive ketones (excluding diaryl/α,β-unsaturated/α-hetero) is 1. The molecule has 4 rings (SSSR count). The smallest absolute Gasteiger partial charge is 0.288 e. The Morgan fingerprint density at radius 2 is 1.79 bits per heavy atom. The van der Waals surface area contributed by atoms with E-state index in [1.165, 1.54) is 0 Å². The Bertz CT molecular complexity index is 1120. The maximum Gasteiger partial charge on any atom is 0.288 e. The monoisotopic (exact) mass is 395 g/mol. The summed E-state index contributed by atoms with van der Waals surface area (Å²) in [5, 5.41) is 9.52. The minimum atomic E-state index is -0.759. The molecule has 0 atom stereocenters. The highest BCUT2D eigenvalue weighted by molar-refractivity contribution is 5.86. The maximum absolute atomic E-state index is 13.6. The molecule has 5 nitrogen and oxygen atoms in total. The molecule has 0 amide bonds. The van der Waals surface area contributed by atoms with Crippen LogP contribution in [0.3, 0.4) is 0 Å². The Kier molecular flexibility index (Phi) is 4.74. The lowest BCUT2D eigenvalue weighted by atomic mass is 9.90. The molecule has 1 aliphatic rings. The molecule has 29 heavy (non-hydrogen) atoms. The molecule has 2 aromatic carbocycles. The van der Waals surface area contributed by atoms with E-state index in [2.05, 4.69) is 15.5 Å². The molecule has 0 saturated heterocycles. The Hall–Kier alpha value is -3.35. The van der Waals surface area contributed by atoms with Gasteiger partial charge in [0.15, 0.2) is 0 Å². The van der Waals surface area contributed by atoms with E-state index < -0.39 is 22.6 Å². The fourth-order valence-electron chi connectivity index (χ4n) is 3.54. The van der Waals surface area contributed by atoms with E-state index in [0.717, 1.165) is 36.6 Å². The van der Waals surface area contributed by atoms with E-state index in [9.17, 15) is 18.4 Å². The minimum Gasteiger partial charge on any atom is -0.351 e. The second-order valence-electron chi connectivity index (χ2n) is 7.42. The van der Waals surface area contributed by atoms with Crippen molar-refractivity contribution >= 4 is 17.2 Å². The standard InChI is InChI=1S/C22H19F2N3O2/c1-13(28)22(7-8-22)12-18-19(14-5-3-2-4-6-14)26-27-21(29)20(18)25-17-10-15(23)9-16(24)11-17/h2-6,9-11H,7-8,12H2,1H3,(H,25,26)(H,27,29). The Morgan fingerprint density at radius 3 is 2.38 bits per heavy atom. The van der Waals surface area contributed by atoms with E-state index >= 15 is 0 Å². The summed E-state index contributed by atoms with van der Waals surface area (Å²) in [7, 11) is 0. The van der Waals surface area contributed by atoms with Gasteiger partial charge in [0.25, 0.3) is 5.56 Å². The molecular weight excluding hydrogens is 376 g/mol. The summed E-state index contributed by atoms with van der Waals surface area (Å²) in [4.78, 5) is 24.8. The molecule has 0 bridgehead atoms. The van der Waals surface area contributed by atoms with Crippen LogP contribution < -0.4 is 10.9 Å². The zero-order valence-corrected chi connectivity index (χ0v) is 15.8. The largest absolute Gasteiger partial charge is 0.351 e. The van der Waals surface area contributed by atoms with Crippen LogP contribution in [0.15, 0.2) is 53.3 Å². The van der Waals surface area contributed by atoms with Crippen LogP contribution in [-0.4, -0.2) is 16.0 Å². The van der Waals surface area contributed by atoms with Gasteiger partial charge in [-0.05, 0) is 38.3 Å². The van der Waals surface area contributed by atoms with E-state index in [-0.39, 0.29) is 17.2 Å². The van der Waals surface area contributed by atoms with Gasteiger partial charge in [-0.3, -0.25) is 9.59 Å². The number of carbonyl (C=O) groups is 1. The van der Waals surface area contributed by atoms with Crippen LogP contribution in [0.2, 0.25) is 0 Å². The van der Waals surface area contributed by atoms with Crippen molar-refractivity contribution in [3.63, 3.8) is 0 Å². The number of nitrogens with zero attached hydrogens (tertiary/aromatic N) is 1. The number of nitrogens with one attached hydrogen (secondary N) is 2. The van der Waals surface area contributed by atoms with Crippen LogP contribution in [0.4, 0.5) is 20.2 Å². The van der Waals surface area contributed by atoms with Gasteiger partial charge in [-0.15, -0.1) is 0 Å². The first-order valence-corrected chi connectivity index (χ1v) is 9.29. The van der Waals surface area contributed by atoms with Crippen LogP contribution in [0, 0.1) is 17.0 Å². The van der Waals surface area contributed by atoms with Crippen molar-refractivity contribution in [2.45, 2.75) is 26.2 Å². The van der Waals surface area contributed by atoms with E-state index in [4.69, 9.17) is 0 Å². The average Bonchev–Trinajstić information content (AvgIpc) is 3.46. The summed E-state index contributed by atoms with van der Waals surface area (Å²) in [6.45, 7) is 1.55. The van der Waals surface area contributed by atoms with Crippen LogP contribution in [0.25, 0.3) is 11.3 Å². The molecule has 0 unspecified atom stereocenters. The number of hydrogen-bond donors (Lipinski definition) is 2. The second kappa shape index (κ2) is 7.24. The SMILES string of the molecule is CC(=O)C1(Cc2c(-c3ccccc3)n[nH]c(=O)c2Nc2cc(F)cc(F)c2)CC1. The van der Waals surface area contributed by atoms with Crippen molar-refractivity contribution in [3.8, 4) is 11.3 Å².